The number of carbonyl (C=O) groups excluding carboxylic acids is 1. The van der Waals surface area contributed by atoms with E-state index in [4.69, 9.17) is 26.8 Å². The summed E-state index contributed by atoms with van der Waals surface area (Å²) in [5.74, 6) is 0.963. The number of amides is 1. The highest BCUT2D eigenvalue weighted by Gasteiger charge is 2.33. The highest BCUT2D eigenvalue weighted by atomic mass is 35.5. The molecule has 1 aliphatic rings. The van der Waals surface area contributed by atoms with Crippen molar-refractivity contribution >= 4 is 29.0 Å². The Hall–Kier alpha value is -3.67. The van der Waals surface area contributed by atoms with E-state index in [9.17, 15) is 18.0 Å². The number of benzene rings is 2. The first-order valence-electron chi connectivity index (χ1n) is 12.7. The Kier molecular flexibility index (Phi) is 9.97. The number of halogens is 4. The molecule has 1 aromatic heterocycles. The minimum Gasteiger partial charge on any atom is -0.457 e. The number of nitrogens with one attached hydrogen (secondary N) is 1. The molecule has 3 aromatic rings. The molecule has 0 unspecified atom stereocenters. The lowest BCUT2D eigenvalue weighted by atomic mass is 10.1. The summed E-state index contributed by atoms with van der Waals surface area (Å²) >= 11 is 5.64. The van der Waals surface area contributed by atoms with Crippen LogP contribution in [-0.2, 0) is 22.1 Å². The molecule has 0 bridgehead atoms. The van der Waals surface area contributed by atoms with Crippen LogP contribution in [0.3, 0.4) is 0 Å². The standard InChI is InChI=1S/C28H29ClF3N5O3/c29-24-6-5-20(17-23(24)28(30,31)32)36-26(38)7-4-19-2-1-3-21(16-19)40-22-8-9-34-25(18-22)27(33)35-10-11-37-12-14-39-15-13-37/h1-3,5-6,8-9,16-18H,4,7,10-15H2,(H2,33,35)(H,36,38). The van der Waals surface area contributed by atoms with Crippen LogP contribution in [0.5, 0.6) is 11.5 Å². The van der Waals surface area contributed by atoms with Crippen LogP contribution in [0.2, 0.25) is 5.02 Å². The van der Waals surface area contributed by atoms with Gasteiger partial charge in [-0.25, -0.2) is 0 Å². The monoisotopic (exact) mass is 575 g/mol. The van der Waals surface area contributed by atoms with Crippen molar-refractivity contribution in [2.75, 3.05) is 44.7 Å². The van der Waals surface area contributed by atoms with Gasteiger partial charge in [-0.3, -0.25) is 19.7 Å². The van der Waals surface area contributed by atoms with Gasteiger partial charge in [0.1, 0.15) is 23.0 Å². The van der Waals surface area contributed by atoms with E-state index in [1.165, 1.54) is 6.07 Å². The summed E-state index contributed by atoms with van der Waals surface area (Å²) in [6, 6.07) is 13.8. The molecule has 40 heavy (non-hydrogen) atoms. The molecular weight excluding hydrogens is 547 g/mol. The summed E-state index contributed by atoms with van der Waals surface area (Å²) in [6.07, 6.45) is -2.61. The number of hydrogen-bond donors (Lipinski definition) is 2. The molecule has 1 saturated heterocycles. The number of anilines is 1. The minimum atomic E-state index is -4.62. The number of pyridine rings is 1. The van der Waals surface area contributed by atoms with E-state index in [2.05, 4.69) is 20.2 Å². The van der Waals surface area contributed by atoms with Gasteiger partial charge in [-0.1, -0.05) is 23.7 Å². The van der Waals surface area contributed by atoms with Crippen molar-refractivity contribution in [3.8, 4) is 11.5 Å². The van der Waals surface area contributed by atoms with Crippen molar-refractivity contribution in [2.24, 2.45) is 10.7 Å². The number of nitrogens with two attached hydrogens (primary N) is 1. The van der Waals surface area contributed by atoms with E-state index in [0.717, 1.165) is 50.5 Å². The molecule has 212 valence electrons. The second kappa shape index (κ2) is 13.6. The number of aryl methyl sites for hydroxylation is 1. The molecule has 3 N–H and O–H groups in total. The Bertz CT molecular complexity index is 1350. The molecule has 1 amide bonds. The molecule has 2 heterocycles. The van der Waals surface area contributed by atoms with Gasteiger partial charge in [0.25, 0.3) is 0 Å². The number of aliphatic imine (C=N–C) groups is 1. The first kappa shape index (κ1) is 29.3. The SMILES string of the molecule is NC(=NCCN1CCOCC1)c1cc(Oc2cccc(CCC(=O)Nc3ccc(Cl)c(C(F)(F)F)c3)c2)ccn1. The summed E-state index contributed by atoms with van der Waals surface area (Å²) in [7, 11) is 0. The molecule has 12 heteroatoms. The van der Waals surface area contributed by atoms with Gasteiger partial charge in [0.15, 0.2) is 0 Å². The molecule has 0 atom stereocenters. The maximum absolute atomic E-state index is 13.1. The van der Waals surface area contributed by atoms with Gasteiger partial charge in [-0.05, 0) is 48.4 Å². The lowest BCUT2D eigenvalue weighted by molar-refractivity contribution is -0.137. The smallest absolute Gasteiger partial charge is 0.417 e. The zero-order valence-corrected chi connectivity index (χ0v) is 22.3. The van der Waals surface area contributed by atoms with Gasteiger partial charge in [-0.15, -0.1) is 0 Å². The van der Waals surface area contributed by atoms with Gasteiger partial charge in [0, 0.05) is 44.0 Å². The fourth-order valence-corrected chi connectivity index (χ4v) is 4.26. The molecular formula is C28H29ClF3N5O3. The number of ether oxygens (including phenoxy) is 2. The van der Waals surface area contributed by atoms with Crippen LogP contribution in [0, 0.1) is 0 Å². The van der Waals surface area contributed by atoms with Crippen molar-refractivity contribution in [1.29, 1.82) is 0 Å². The Morgan fingerprint density at radius 3 is 2.67 bits per heavy atom. The van der Waals surface area contributed by atoms with Crippen molar-refractivity contribution in [3.05, 3.63) is 82.6 Å². The number of alkyl halides is 3. The third-order valence-electron chi connectivity index (χ3n) is 6.13. The van der Waals surface area contributed by atoms with E-state index in [-0.39, 0.29) is 12.1 Å². The Morgan fingerprint density at radius 2 is 1.90 bits per heavy atom. The number of hydrogen-bond acceptors (Lipinski definition) is 6. The van der Waals surface area contributed by atoms with Crippen LogP contribution < -0.4 is 15.8 Å². The van der Waals surface area contributed by atoms with Crippen LogP contribution in [0.1, 0.15) is 23.2 Å². The summed E-state index contributed by atoms with van der Waals surface area (Å²) in [4.78, 5) is 23.4. The van der Waals surface area contributed by atoms with Gasteiger partial charge >= 0.3 is 6.18 Å². The molecule has 8 nitrogen and oxygen atoms in total. The molecule has 1 fully saturated rings. The maximum Gasteiger partial charge on any atom is 0.417 e. The Labute approximate surface area is 235 Å². The zero-order chi connectivity index (χ0) is 28.5. The predicted octanol–water partition coefficient (Wildman–Crippen LogP) is 5.15. The van der Waals surface area contributed by atoms with Gasteiger partial charge < -0.3 is 20.5 Å². The number of aromatic nitrogens is 1. The molecule has 0 radical (unpaired) electrons. The van der Waals surface area contributed by atoms with Crippen molar-refractivity contribution in [2.45, 2.75) is 19.0 Å². The maximum atomic E-state index is 13.1. The summed E-state index contributed by atoms with van der Waals surface area (Å²) in [6.45, 7) is 4.56. The number of morpholine rings is 1. The molecule has 4 rings (SSSR count). The van der Waals surface area contributed by atoms with Crippen molar-refractivity contribution < 1.29 is 27.4 Å². The molecule has 0 saturated carbocycles. The van der Waals surface area contributed by atoms with Gasteiger partial charge in [0.05, 0.1) is 30.3 Å². The lowest BCUT2D eigenvalue weighted by Gasteiger charge is -2.25. The highest BCUT2D eigenvalue weighted by Crippen LogP contribution is 2.36. The van der Waals surface area contributed by atoms with E-state index < -0.39 is 22.7 Å². The van der Waals surface area contributed by atoms with Crippen LogP contribution in [0.4, 0.5) is 18.9 Å². The number of carbonyl (C=O) groups is 1. The lowest BCUT2D eigenvalue weighted by Crippen LogP contribution is -2.38. The van der Waals surface area contributed by atoms with Crippen molar-refractivity contribution in [3.63, 3.8) is 0 Å². The van der Waals surface area contributed by atoms with Gasteiger partial charge in [0.2, 0.25) is 5.91 Å². The zero-order valence-electron chi connectivity index (χ0n) is 21.6. The predicted molar refractivity (Wildman–Crippen MR) is 147 cm³/mol. The average molecular weight is 576 g/mol. The van der Waals surface area contributed by atoms with Crippen LogP contribution >= 0.6 is 11.6 Å². The fraction of sp³-hybridized carbons (Fsp3) is 0.321. The summed E-state index contributed by atoms with van der Waals surface area (Å²) < 4.78 is 50.6. The summed E-state index contributed by atoms with van der Waals surface area (Å²) in [5.41, 5.74) is 6.49. The van der Waals surface area contributed by atoms with Gasteiger partial charge in [-0.2, -0.15) is 13.2 Å². The largest absolute Gasteiger partial charge is 0.457 e. The third-order valence-corrected chi connectivity index (χ3v) is 6.46. The van der Waals surface area contributed by atoms with E-state index >= 15 is 0 Å². The molecule has 2 aromatic carbocycles. The summed E-state index contributed by atoms with van der Waals surface area (Å²) in [5, 5.41) is 2.06. The first-order chi connectivity index (χ1) is 19.2. The quantitative estimate of drug-likeness (QED) is 0.256. The fourth-order valence-electron chi connectivity index (χ4n) is 4.03. The third kappa shape index (κ3) is 8.67. The molecule has 1 aliphatic heterocycles. The topological polar surface area (TPSA) is 102 Å². The second-order valence-electron chi connectivity index (χ2n) is 9.09. The highest BCUT2D eigenvalue weighted by molar-refractivity contribution is 6.31. The number of nitrogens with zero attached hydrogens (tertiary/aromatic N) is 3. The Balaban J connectivity index is 1.31. The van der Waals surface area contributed by atoms with Crippen molar-refractivity contribution in [1.82, 2.24) is 9.88 Å². The van der Waals surface area contributed by atoms with Crippen LogP contribution in [0.25, 0.3) is 0 Å². The van der Waals surface area contributed by atoms with Crippen LogP contribution in [-0.4, -0.2) is 61.0 Å². The number of amidine groups is 1. The van der Waals surface area contributed by atoms with Crippen LogP contribution in [0.15, 0.2) is 65.8 Å². The second-order valence-corrected chi connectivity index (χ2v) is 9.49. The normalized spacial score (nSPS) is 14.7. The Morgan fingerprint density at radius 1 is 1.12 bits per heavy atom. The first-order valence-corrected chi connectivity index (χ1v) is 13.0. The molecule has 0 aliphatic carbocycles. The molecule has 0 spiro atoms. The minimum absolute atomic E-state index is 0.0243. The number of rotatable bonds is 10. The van der Waals surface area contributed by atoms with E-state index in [0.29, 0.717) is 36.0 Å². The average Bonchev–Trinajstić information content (AvgIpc) is 2.93. The van der Waals surface area contributed by atoms with E-state index in [1.54, 1.807) is 36.5 Å². The van der Waals surface area contributed by atoms with E-state index in [1.807, 2.05) is 6.07 Å².